The maximum Gasteiger partial charge on any atom is 0.276 e. The van der Waals surface area contributed by atoms with Crippen LogP contribution < -0.4 is 4.74 Å². The second kappa shape index (κ2) is 6.37. The van der Waals surface area contributed by atoms with Crippen LogP contribution in [0.1, 0.15) is 11.1 Å². The van der Waals surface area contributed by atoms with Crippen molar-refractivity contribution in [1.29, 1.82) is 0 Å². The normalized spacial score (nSPS) is 10.3. The molecule has 0 aromatic heterocycles. The van der Waals surface area contributed by atoms with Crippen LogP contribution in [0.4, 0.5) is 5.69 Å². The molecule has 2 aromatic carbocycles. The molecule has 0 heterocycles. The molecule has 2 rings (SSSR count). The summed E-state index contributed by atoms with van der Waals surface area (Å²) in [6, 6.07) is 10.5. The average molecular weight is 401 g/mol. The number of nitro groups is 1. The van der Waals surface area contributed by atoms with Crippen LogP contribution in [-0.2, 0) is 5.33 Å². The molecule has 6 heteroatoms. The quantitative estimate of drug-likeness (QED) is 0.394. The van der Waals surface area contributed by atoms with E-state index < -0.39 is 4.92 Å². The highest BCUT2D eigenvalue weighted by atomic mass is 79.9. The molecule has 20 heavy (non-hydrogen) atoms. The van der Waals surface area contributed by atoms with Crippen LogP contribution in [0, 0.1) is 17.0 Å². The van der Waals surface area contributed by atoms with Gasteiger partial charge in [0, 0.05) is 21.4 Å². The second-order valence-corrected chi connectivity index (χ2v) is 5.62. The summed E-state index contributed by atoms with van der Waals surface area (Å²) in [6.07, 6.45) is 0. The maximum atomic E-state index is 10.9. The number of halogens is 2. The summed E-state index contributed by atoms with van der Waals surface area (Å²) < 4.78 is 6.73. The first-order valence-electron chi connectivity index (χ1n) is 5.79. The fourth-order valence-electron chi connectivity index (χ4n) is 1.76. The van der Waals surface area contributed by atoms with Gasteiger partial charge in [-0.15, -0.1) is 0 Å². The first-order valence-corrected chi connectivity index (χ1v) is 7.70. The molecule has 4 nitrogen and oxygen atoms in total. The van der Waals surface area contributed by atoms with Gasteiger partial charge < -0.3 is 4.74 Å². The fourth-order valence-corrected chi connectivity index (χ4v) is 2.57. The highest BCUT2D eigenvalue weighted by Gasteiger charge is 2.15. The lowest BCUT2D eigenvalue weighted by Crippen LogP contribution is -1.96. The molecule has 2 aromatic rings. The van der Waals surface area contributed by atoms with E-state index in [0.717, 1.165) is 10.0 Å². The van der Waals surface area contributed by atoms with Crippen molar-refractivity contribution in [2.45, 2.75) is 12.3 Å². The Bertz CT molecular complexity index is 659. The van der Waals surface area contributed by atoms with Gasteiger partial charge in [-0.1, -0.05) is 44.0 Å². The summed E-state index contributed by atoms with van der Waals surface area (Å²) in [5.74, 6) is 1.15. The SMILES string of the molecule is Cc1c(Oc2cc(Br)ccc2CBr)cccc1[N+](=O)[O-]. The first-order chi connectivity index (χ1) is 9.52. The van der Waals surface area contributed by atoms with Crippen LogP contribution >= 0.6 is 31.9 Å². The number of alkyl halides is 1. The largest absolute Gasteiger partial charge is 0.456 e. The third-order valence-corrected chi connectivity index (χ3v) is 3.94. The van der Waals surface area contributed by atoms with E-state index in [1.54, 1.807) is 19.1 Å². The van der Waals surface area contributed by atoms with Gasteiger partial charge in [0.15, 0.2) is 0 Å². The average Bonchev–Trinajstić information content (AvgIpc) is 2.41. The molecule has 0 saturated heterocycles. The van der Waals surface area contributed by atoms with E-state index >= 15 is 0 Å². The van der Waals surface area contributed by atoms with Gasteiger partial charge in [-0.25, -0.2) is 0 Å². The predicted molar refractivity (Wildman–Crippen MR) is 84.7 cm³/mol. The van der Waals surface area contributed by atoms with E-state index in [-0.39, 0.29) is 5.69 Å². The third-order valence-electron chi connectivity index (χ3n) is 2.85. The summed E-state index contributed by atoms with van der Waals surface area (Å²) in [4.78, 5) is 10.5. The van der Waals surface area contributed by atoms with Crippen molar-refractivity contribution in [1.82, 2.24) is 0 Å². The number of nitrogens with zero attached hydrogens (tertiary/aromatic N) is 1. The van der Waals surface area contributed by atoms with Crippen molar-refractivity contribution in [3.8, 4) is 11.5 Å². The summed E-state index contributed by atoms with van der Waals surface area (Å²) in [6.45, 7) is 1.68. The minimum Gasteiger partial charge on any atom is -0.456 e. The van der Waals surface area contributed by atoms with E-state index in [0.29, 0.717) is 22.4 Å². The van der Waals surface area contributed by atoms with Gasteiger partial charge in [-0.3, -0.25) is 10.1 Å². The van der Waals surface area contributed by atoms with Crippen molar-refractivity contribution < 1.29 is 9.66 Å². The lowest BCUT2D eigenvalue weighted by Gasteiger charge is -2.12. The maximum absolute atomic E-state index is 10.9. The highest BCUT2D eigenvalue weighted by molar-refractivity contribution is 9.10. The van der Waals surface area contributed by atoms with Gasteiger partial charge in [-0.05, 0) is 25.1 Å². The molecule has 0 fully saturated rings. The van der Waals surface area contributed by atoms with Crippen molar-refractivity contribution in [2.75, 3.05) is 0 Å². The van der Waals surface area contributed by atoms with Crippen molar-refractivity contribution >= 4 is 37.5 Å². The molecule has 0 unspecified atom stereocenters. The zero-order chi connectivity index (χ0) is 14.7. The molecule has 0 atom stereocenters. The molecular formula is C14H11Br2NO3. The van der Waals surface area contributed by atoms with Crippen LogP contribution in [0.25, 0.3) is 0 Å². The topological polar surface area (TPSA) is 52.4 Å². The van der Waals surface area contributed by atoms with Crippen LogP contribution in [0.15, 0.2) is 40.9 Å². The molecule has 104 valence electrons. The molecule has 0 aliphatic rings. The number of benzene rings is 2. The standard InChI is InChI=1S/C14H11Br2NO3/c1-9-12(17(18)19)3-2-4-13(9)20-14-7-11(16)6-5-10(14)8-15/h2-7H,8H2,1H3. The Labute approximate surface area is 133 Å². The van der Waals surface area contributed by atoms with Crippen molar-refractivity contribution in [3.63, 3.8) is 0 Å². The Kier molecular flexibility index (Phi) is 4.77. The van der Waals surface area contributed by atoms with Crippen molar-refractivity contribution in [2.24, 2.45) is 0 Å². The Balaban J connectivity index is 2.42. The van der Waals surface area contributed by atoms with Crippen LogP contribution in [0.5, 0.6) is 11.5 Å². The summed E-state index contributed by atoms with van der Waals surface area (Å²) in [7, 11) is 0. The Morgan fingerprint density at radius 1 is 1.25 bits per heavy atom. The molecule has 0 spiro atoms. The summed E-state index contributed by atoms with van der Waals surface area (Å²) in [5, 5.41) is 11.6. The minimum atomic E-state index is -0.408. The zero-order valence-electron chi connectivity index (χ0n) is 10.6. The lowest BCUT2D eigenvalue weighted by atomic mass is 10.1. The number of hydrogen-bond donors (Lipinski definition) is 0. The van der Waals surface area contributed by atoms with E-state index in [4.69, 9.17) is 4.74 Å². The molecule has 0 saturated carbocycles. The molecule has 0 aliphatic heterocycles. The highest BCUT2D eigenvalue weighted by Crippen LogP contribution is 2.34. The van der Waals surface area contributed by atoms with E-state index in [2.05, 4.69) is 31.9 Å². The second-order valence-electron chi connectivity index (χ2n) is 4.15. The van der Waals surface area contributed by atoms with Crippen molar-refractivity contribution in [3.05, 3.63) is 62.1 Å². The molecule has 0 N–H and O–H groups in total. The summed E-state index contributed by atoms with van der Waals surface area (Å²) >= 11 is 6.79. The fraction of sp³-hybridized carbons (Fsp3) is 0.143. The predicted octanol–water partition coefficient (Wildman–Crippen LogP) is 5.35. The molecule has 0 amide bonds. The van der Waals surface area contributed by atoms with Crippen LogP contribution in [0.2, 0.25) is 0 Å². The number of rotatable bonds is 4. The monoisotopic (exact) mass is 399 g/mol. The third kappa shape index (κ3) is 3.19. The number of ether oxygens (including phenoxy) is 1. The Hall–Kier alpha value is -1.40. The number of hydrogen-bond acceptors (Lipinski definition) is 3. The number of nitro benzene ring substituents is 1. The van der Waals surface area contributed by atoms with Gasteiger partial charge in [-0.2, -0.15) is 0 Å². The molecule has 0 aliphatic carbocycles. The van der Waals surface area contributed by atoms with Crippen LogP contribution in [-0.4, -0.2) is 4.92 Å². The van der Waals surface area contributed by atoms with Gasteiger partial charge in [0.05, 0.1) is 10.5 Å². The molecule has 0 radical (unpaired) electrons. The molecule has 0 bridgehead atoms. The minimum absolute atomic E-state index is 0.0536. The van der Waals surface area contributed by atoms with E-state index in [1.165, 1.54) is 6.07 Å². The summed E-state index contributed by atoms with van der Waals surface area (Å²) in [5.41, 5.74) is 1.54. The smallest absolute Gasteiger partial charge is 0.276 e. The van der Waals surface area contributed by atoms with E-state index in [9.17, 15) is 10.1 Å². The lowest BCUT2D eigenvalue weighted by molar-refractivity contribution is -0.385. The zero-order valence-corrected chi connectivity index (χ0v) is 13.8. The Morgan fingerprint density at radius 3 is 2.65 bits per heavy atom. The molecular weight excluding hydrogens is 390 g/mol. The van der Waals surface area contributed by atoms with Crippen LogP contribution in [0.3, 0.4) is 0 Å². The van der Waals surface area contributed by atoms with Gasteiger partial charge >= 0.3 is 0 Å². The van der Waals surface area contributed by atoms with E-state index in [1.807, 2.05) is 18.2 Å². The van der Waals surface area contributed by atoms with Gasteiger partial charge in [0.2, 0.25) is 0 Å². The van der Waals surface area contributed by atoms with Gasteiger partial charge in [0.1, 0.15) is 11.5 Å². The van der Waals surface area contributed by atoms with Gasteiger partial charge in [0.25, 0.3) is 5.69 Å². The Morgan fingerprint density at radius 2 is 2.00 bits per heavy atom. The first kappa shape index (κ1) is 15.0.